The first-order chi connectivity index (χ1) is 14.6. The Hall–Kier alpha value is -3.26. The molecule has 9 heteroatoms. The predicted octanol–water partition coefficient (Wildman–Crippen LogP) is 4.20. The summed E-state index contributed by atoms with van der Waals surface area (Å²) in [6.45, 7) is 9.97. The Morgan fingerprint density at radius 3 is 2.65 bits per heavy atom. The molecule has 0 aliphatic carbocycles. The number of hydrogen-bond acceptors (Lipinski definition) is 5. The number of rotatable bonds is 4. The summed E-state index contributed by atoms with van der Waals surface area (Å²) in [6.07, 6.45) is 5.06. The molecule has 0 bridgehead atoms. The monoisotopic (exact) mass is 437 g/mol. The van der Waals surface area contributed by atoms with Crippen LogP contribution < -0.4 is 5.32 Å². The topological polar surface area (TPSA) is 90.0 Å². The fraction of sp³-hybridized carbons (Fsp3) is 0.318. The van der Waals surface area contributed by atoms with E-state index in [1.165, 1.54) is 0 Å². The van der Waals surface area contributed by atoms with E-state index < -0.39 is 0 Å². The van der Waals surface area contributed by atoms with Crippen LogP contribution in [0.5, 0.6) is 0 Å². The van der Waals surface area contributed by atoms with Gasteiger partial charge in [0, 0.05) is 5.56 Å². The molecule has 4 aromatic rings. The predicted molar refractivity (Wildman–Crippen MR) is 119 cm³/mol. The van der Waals surface area contributed by atoms with Crippen LogP contribution in [0.1, 0.15) is 55.4 Å². The van der Waals surface area contributed by atoms with Gasteiger partial charge in [-0.1, -0.05) is 28.9 Å². The molecule has 0 fully saturated rings. The fourth-order valence-corrected chi connectivity index (χ4v) is 3.64. The second-order valence-corrected chi connectivity index (χ2v) is 8.95. The molecule has 0 saturated carbocycles. The van der Waals surface area contributed by atoms with E-state index in [0.717, 1.165) is 27.9 Å². The van der Waals surface area contributed by atoms with Crippen molar-refractivity contribution in [3.63, 3.8) is 0 Å². The lowest BCUT2D eigenvalue weighted by Gasteiger charge is -2.18. The summed E-state index contributed by atoms with van der Waals surface area (Å²) >= 11 is 6.17. The minimum atomic E-state index is -0.260. The average Bonchev–Trinajstić information content (AvgIpc) is 3.36. The minimum Gasteiger partial charge on any atom is -0.344 e. The third-order valence-electron chi connectivity index (χ3n) is 5.13. The van der Waals surface area contributed by atoms with Gasteiger partial charge in [0.05, 0.1) is 41.4 Å². The zero-order valence-corrected chi connectivity index (χ0v) is 18.8. The third kappa shape index (κ3) is 4.16. The number of aryl methyl sites for hydroxylation is 1. The molecule has 0 unspecified atom stereocenters. The summed E-state index contributed by atoms with van der Waals surface area (Å²) < 4.78 is 3.39. The van der Waals surface area contributed by atoms with Crippen LogP contribution in [0.4, 0.5) is 0 Å². The van der Waals surface area contributed by atoms with Crippen molar-refractivity contribution < 1.29 is 4.79 Å². The molecule has 0 spiro atoms. The molecule has 4 rings (SSSR count). The van der Waals surface area contributed by atoms with Crippen LogP contribution in [-0.4, -0.2) is 35.5 Å². The van der Waals surface area contributed by atoms with E-state index in [-0.39, 0.29) is 17.5 Å². The van der Waals surface area contributed by atoms with Crippen LogP contribution in [0, 0.1) is 6.92 Å². The van der Waals surface area contributed by atoms with Gasteiger partial charge < -0.3 is 5.32 Å². The van der Waals surface area contributed by atoms with Crippen LogP contribution >= 0.6 is 11.6 Å². The molecule has 0 saturated heterocycles. The summed E-state index contributed by atoms with van der Waals surface area (Å²) in [7, 11) is 0. The van der Waals surface area contributed by atoms with Crippen LogP contribution in [-0.2, 0) is 5.54 Å². The van der Waals surface area contributed by atoms with E-state index in [9.17, 15) is 4.79 Å². The van der Waals surface area contributed by atoms with Crippen molar-refractivity contribution in [3.8, 4) is 11.3 Å². The number of carbonyl (C=O) groups excluding carboxylic acids is 1. The Morgan fingerprint density at radius 2 is 1.97 bits per heavy atom. The molecular formula is C22H24ClN7O. The van der Waals surface area contributed by atoms with Crippen LogP contribution in [0.25, 0.3) is 16.8 Å². The van der Waals surface area contributed by atoms with E-state index in [2.05, 4.69) is 25.7 Å². The van der Waals surface area contributed by atoms with Gasteiger partial charge in [0.1, 0.15) is 5.15 Å². The quantitative estimate of drug-likeness (QED) is 0.516. The summed E-state index contributed by atoms with van der Waals surface area (Å²) in [5.41, 5.74) is 4.66. The molecule has 1 atom stereocenters. The summed E-state index contributed by atoms with van der Waals surface area (Å²) in [5.74, 6) is -0.260. The zero-order valence-electron chi connectivity index (χ0n) is 18.1. The van der Waals surface area contributed by atoms with Crippen LogP contribution in [0.15, 0.2) is 42.9 Å². The molecule has 0 aliphatic rings. The zero-order chi connectivity index (χ0) is 22.3. The summed E-state index contributed by atoms with van der Waals surface area (Å²) in [5, 5.41) is 15.7. The Kier molecular flexibility index (Phi) is 5.26. The number of carbonyl (C=O) groups is 1. The second kappa shape index (κ2) is 7.77. The molecule has 0 aliphatic heterocycles. The van der Waals surface area contributed by atoms with E-state index in [0.29, 0.717) is 10.8 Å². The number of halogens is 1. The highest BCUT2D eigenvalue weighted by Crippen LogP contribution is 2.28. The lowest BCUT2D eigenvalue weighted by molar-refractivity contribution is 0.0934. The van der Waals surface area contributed by atoms with E-state index in [1.54, 1.807) is 27.8 Å². The van der Waals surface area contributed by atoms with Crippen molar-refractivity contribution in [3.05, 3.63) is 64.8 Å². The largest absolute Gasteiger partial charge is 0.344 e. The second-order valence-electron chi connectivity index (χ2n) is 8.56. The van der Waals surface area contributed by atoms with Crippen molar-refractivity contribution >= 4 is 23.0 Å². The molecule has 8 nitrogen and oxygen atoms in total. The number of amides is 1. The lowest BCUT2D eigenvalue weighted by Crippen LogP contribution is -2.27. The molecule has 160 valence electrons. The molecule has 1 amide bonds. The highest BCUT2D eigenvalue weighted by atomic mass is 35.5. The maximum atomic E-state index is 12.7. The van der Waals surface area contributed by atoms with Gasteiger partial charge in [-0.25, -0.2) is 14.2 Å². The number of benzene rings is 1. The van der Waals surface area contributed by atoms with Gasteiger partial charge in [0.15, 0.2) is 5.69 Å². The number of nitrogens with zero attached hydrogens (tertiary/aromatic N) is 6. The van der Waals surface area contributed by atoms with Crippen molar-refractivity contribution in [2.45, 2.75) is 46.2 Å². The van der Waals surface area contributed by atoms with E-state index >= 15 is 0 Å². The lowest BCUT2D eigenvalue weighted by atomic mass is 9.98. The first kappa shape index (κ1) is 21.0. The van der Waals surface area contributed by atoms with Gasteiger partial charge in [0.2, 0.25) is 0 Å². The molecule has 31 heavy (non-hydrogen) atoms. The van der Waals surface area contributed by atoms with Gasteiger partial charge >= 0.3 is 0 Å². The Morgan fingerprint density at radius 1 is 1.19 bits per heavy atom. The first-order valence-corrected chi connectivity index (χ1v) is 10.4. The molecule has 1 N–H and O–H groups in total. The smallest absolute Gasteiger partial charge is 0.273 e. The minimum absolute atomic E-state index is 0.205. The first-order valence-electron chi connectivity index (χ1n) is 9.98. The molecule has 3 heterocycles. The number of nitrogens with one attached hydrogen (secondary N) is 1. The standard InChI is InChI=1S/C22H24ClN7O/c1-13-10-15(20-18-8-9-24-29(18)12-19(23)26-20)6-7-16(13)14(2)25-21(31)17-11-30(28-27-17)22(3,4)5/h6-12,14H,1-5H3,(H,25,31)/t14-/m1/s1. The number of fused-ring (bicyclic) bond motifs is 1. The van der Waals surface area contributed by atoms with E-state index in [1.807, 2.05) is 58.9 Å². The highest BCUT2D eigenvalue weighted by Gasteiger charge is 2.20. The van der Waals surface area contributed by atoms with Crippen molar-refractivity contribution in [2.24, 2.45) is 0 Å². The SMILES string of the molecule is Cc1cc(-c2nc(Cl)cn3nccc23)ccc1[C@@H](C)NC(=O)c1cn(C(C)(C)C)nn1. The van der Waals surface area contributed by atoms with Gasteiger partial charge in [-0.3, -0.25) is 4.79 Å². The molecule has 3 aromatic heterocycles. The molecule has 0 radical (unpaired) electrons. The summed E-state index contributed by atoms with van der Waals surface area (Å²) in [4.78, 5) is 17.1. The number of hydrogen-bond donors (Lipinski definition) is 1. The fourth-order valence-electron chi connectivity index (χ4n) is 3.46. The maximum Gasteiger partial charge on any atom is 0.273 e. The molecule has 1 aromatic carbocycles. The number of aromatic nitrogens is 6. The van der Waals surface area contributed by atoms with Crippen molar-refractivity contribution in [2.75, 3.05) is 0 Å². The Labute approximate surface area is 185 Å². The highest BCUT2D eigenvalue weighted by molar-refractivity contribution is 6.29. The maximum absolute atomic E-state index is 12.7. The van der Waals surface area contributed by atoms with Gasteiger partial charge in [0.25, 0.3) is 5.91 Å². The Bertz CT molecular complexity index is 1270. The van der Waals surface area contributed by atoms with Gasteiger partial charge in [-0.15, -0.1) is 5.10 Å². The van der Waals surface area contributed by atoms with Crippen molar-refractivity contribution in [1.29, 1.82) is 0 Å². The average molecular weight is 438 g/mol. The van der Waals surface area contributed by atoms with Gasteiger partial charge in [-0.05, 0) is 57.9 Å². The molecular weight excluding hydrogens is 414 g/mol. The van der Waals surface area contributed by atoms with E-state index in [4.69, 9.17) is 11.6 Å². The van der Waals surface area contributed by atoms with Gasteiger partial charge in [-0.2, -0.15) is 5.10 Å². The normalized spacial score (nSPS) is 12.8. The van der Waals surface area contributed by atoms with Crippen LogP contribution in [0.3, 0.4) is 0 Å². The van der Waals surface area contributed by atoms with Crippen molar-refractivity contribution in [1.82, 2.24) is 34.9 Å². The summed E-state index contributed by atoms with van der Waals surface area (Å²) in [6, 6.07) is 7.71. The Balaban J connectivity index is 1.57. The van der Waals surface area contributed by atoms with Crippen LogP contribution in [0.2, 0.25) is 5.15 Å². The third-order valence-corrected chi connectivity index (χ3v) is 5.31.